The Morgan fingerprint density at radius 2 is 1.60 bits per heavy atom. The zero-order chi connectivity index (χ0) is 21.3. The second-order valence-corrected chi connectivity index (χ2v) is 8.96. The molecule has 3 aromatic carbocycles. The predicted molar refractivity (Wildman–Crippen MR) is 118 cm³/mol. The highest BCUT2D eigenvalue weighted by atomic mass is 35.5. The summed E-state index contributed by atoms with van der Waals surface area (Å²) < 4.78 is 30.4. The van der Waals surface area contributed by atoms with E-state index in [0.29, 0.717) is 44.9 Å². The SMILES string of the molecule is NS(=O)(=O)c1ccccc1-c1oc(Cc2ccccc2)nc1-c1ccc(Cl)c(Cl)c1. The fraction of sp³-hybridized carbons (Fsp3) is 0.0455. The zero-order valence-electron chi connectivity index (χ0n) is 15.5. The van der Waals surface area contributed by atoms with Gasteiger partial charge < -0.3 is 4.42 Å². The molecule has 2 N–H and O–H groups in total. The number of hydrogen-bond acceptors (Lipinski definition) is 4. The molecule has 0 unspecified atom stereocenters. The second kappa shape index (κ2) is 8.24. The summed E-state index contributed by atoms with van der Waals surface area (Å²) >= 11 is 12.2. The largest absolute Gasteiger partial charge is 0.440 e. The summed E-state index contributed by atoms with van der Waals surface area (Å²) in [5.41, 5.74) is 2.43. The highest BCUT2D eigenvalue weighted by molar-refractivity contribution is 7.89. The van der Waals surface area contributed by atoms with Crippen LogP contribution >= 0.6 is 23.2 Å². The molecule has 0 saturated carbocycles. The average molecular weight is 459 g/mol. The van der Waals surface area contributed by atoms with E-state index in [4.69, 9.17) is 32.8 Å². The third-order valence-corrected chi connectivity index (χ3v) is 6.21. The summed E-state index contributed by atoms with van der Waals surface area (Å²) in [4.78, 5) is 4.59. The number of benzene rings is 3. The van der Waals surface area contributed by atoms with Crippen LogP contribution in [0.3, 0.4) is 0 Å². The Balaban J connectivity index is 1.92. The third-order valence-electron chi connectivity index (χ3n) is 4.50. The Labute approximate surface area is 184 Å². The third kappa shape index (κ3) is 4.27. The molecule has 30 heavy (non-hydrogen) atoms. The van der Waals surface area contributed by atoms with Gasteiger partial charge in [0.2, 0.25) is 10.0 Å². The van der Waals surface area contributed by atoms with Crippen LogP contribution < -0.4 is 5.14 Å². The number of aromatic nitrogens is 1. The van der Waals surface area contributed by atoms with Gasteiger partial charge in [-0.1, -0.05) is 71.7 Å². The lowest BCUT2D eigenvalue weighted by Gasteiger charge is -2.07. The summed E-state index contributed by atoms with van der Waals surface area (Å²) in [6, 6.07) is 21.1. The van der Waals surface area contributed by atoms with Crippen molar-refractivity contribution in [3.05, 3.63) is 94.3 Å². The van der Waals surface area contributed by atoms with Crippen LogP contribution in [0.25, 0.3) is 22.6 Å². The van der Waals surface area contributed by atoms with Crippen LogP contribution in [0, 0.1) is 0 Å². The molecule has 4 rings (SSSR count). The first kappa shape index (κ1) is 20.6. The Kier molecular flexibility index (Phi) is 5.66. The summed E-state index contributed by atoms with van der Waals surface area (Å²) in [6.07, 6.45) is 0.437. The molecular weight excluding hydrogens is 443 g/mol. The molecule has 4 aromatic rings. The van der Waals surface area contributed by atoms with E-state index in [2.05, 4.69) is 4.98 Å². The first-order valence-electron chi connectivity index (χ1n) is 8.94. The van der Waals surface area contributed by atoms with Crippen molar-refractivity contribution < 1.29 is 12.8 Å². The van der Waals surface area contributed by atoms with E-state index in [0.717, 1.165) is 5.56 Å². The van der Waals surface area contributed by atoms with Gasteiger partial charge in [0.05, 0.1) is 14.9 Å². The quantitative estimate of drug-likeness (QED) is 0.424. The molecule has 0 atom stereocenters. The van der Waals surface area contributed by atoms with Crippen molar-refractivity contribution in [3.63, 3.8) is 0 Å². The minimum atomic E-state index is -3.98. The Morgan fingerprint density at radius 1 is 0.900 bits per heavy atom. The Hall–Kier alpha value is -2.64. The Bertz CT molecular complexity index is 1320. The van der Waals surface area contributed by atoms with Gasteiger partial charge in [0.15, 0.2) is 11.7 Å². The topological polar surface area (TPSA) is 86.2 Å². The van der Waals surface area contributed by atoms with Crippen LogP contribution in [-0.4, -0.2) is 13.4 Å². The highest BCUT2D eigenvalue weighted by Gasteiger charge is 2.23. The molecule has 8 heteroatoms. The molecule has 152 valence electrons. The van der Waals surface area contributed by atoms with E-state index in [1.54, 1.807) is 36.4 Å². The van der Waals surface area contributed by atoms with Crippen LogP contribution in [0.5, 0.6) is 0 Å². The van der Waals surface area contributed by atoms with Crippen molar-refractivity contribution in [1.82, 2.24) is 4.98 Å². The van der Waals surface area contributed by atoms with E-state index in [-0.39, 0.29) is 4.90 Å². The molecule has 0 radical (unpaired) electrons. The van der Waals surface area contributed by atoms with E-state index >= 15 is 0 Å². The number of nitrogens with zero attached hydrogens (tertiary/aromatic N) is 1. The average Bonchev–Trinajstić information content (AvgIpc) is 3.14. The van der Waals surface area contributed by atoms with Gasteiger partial charge in [-0.15, -0.1) is 0 Å². The van der Waals surface area contributed by atoms with Gasteiger partial charge >= 0.3 is 0 Å². The first-order chi connectivity index (χ1) is 14.3. The first-order valence-corrected chi connectivity index (χ1v) is 11.2. The van der Waals surface area contributed by atoms with Crippen molar-refractivity contribution >= 4 is 33.2 Å². The molecule has 0 bridgehead atoms. The molecule has 0 aliphatic rings. The van der Waals surface area contributed by atoms with Gasteiger partial charge in [-0.05, 0) is 29.8 Å². The maximum atomic E-state index is 12.1. The fourth-order valence-electron chi connectivity index (χ4n) is 3.13. The molecule has 5 nitrogen and oxygen atoms in total. The lowest BCUT2D eigenvalue weighted by Crippen LogP contribution is -2.13. The minimum Gasteiger partial charge on any atom is -0.440 e. The van der Waals surface area contributed by atoms with Crippen LogP contribution in [0.4, 0.5) is 0 Å². The number of halogens is 2. The molecule has 1 aromatic heterocycles. The molecule has 1 heterocycles. The number of nitrogens with two attached hydrogens (primary N) is 1. The monoisotopic (exact) mass is 458 g/mol. The van der Waals surface area contributed by atoms with Crippen LogP contribution in [-0.2, 0) is 16.4 Å². The lowest BCUT2D eigenvalue weighted by molar-refractivity contribution is 0.518. The molecule has 0 aliphatic heterocycles. The molecule has 0 saturated heterocycles. The van der Waals surface area contributed by atoms with Crippen molar-refractivity contribution in [2.45, 2.75) is 11.3 Å². The van der Waals surface area contributed by atoms with Crippen molar-refractivity contribution in [2.75, 3.05) is 0 Å². The van der Waals surface area contributed by atoms with Gasteiger partial charge in [-0.3, -0.25) is 0 Å². The van der Waals surface area contributed by atoms with Gasteiger partial charge in [0, 0.05) is 17.5 Å². The van der Waals surface area contributed by atoms with Gasteiger partial charge in [0.1, 0.15) is 5.69 Å². The standard InChI is InChI=1S/C22H16Cl2N2O3S/c23-17-11-10-15(13-18(17)24)21-22(16-8-4-5-9-19(16)30(25,27)28)29-20(26-21)12-14-6-2-1-3-7-14/h1-11,13H,12H2,(H2,25,27,28). The number of oxazole rings is 1. The van der Waals surface area contributed by atoms with E-state index in [9.17, 15) is 8.42 Å². The molecule has 0 aliphatic carbocycles. The maximum absolute atomic E-state index is 12.1. The minimum absolute atomic E-state index is 0.0475. The van der Waals surface area contributed by atoms with Gasteiger partial charge in [-0.25, -0.2) is 18.5 Å². The highest BCUT2D eigenvalue weighted by Crippen LogP contribution is 2.38. The second-order valence-electron chi connectivity index (χ2n) is 6.62. The number of primary sulfonamides is 1. The van der Waals surface area contributed by atoms with Crippen LogP contribution in [0.2, 0.25) is 10.0 Å². The number of rotatable bonds is 5. The maximum Gasteiger partial charge on any atom is 0.238 e. The smallest absolute Gasteiger partial charge is 0.238 e. The number of hydrogen-bond donors (Lipinski definition) is 1. The Morgan fingerprint density at radius 3 is 2.30 bits per heavy atom. The summed E-state index contributed by atoms with van der Waals surface area (Å²) in [5.74, 6) is 0.727. The van der Waals surface area contributed by atoms with Crippen LogP contribution in [0.15, 0.2) is 82.1 Å². The fourth-order valence-corrected chi connectivity index (χ4v) is 4.17. The molecule has 0 fully saturated rings. The van der Waals surface area contributed by atoms with Gasteiger partial charge in [0.25, 0.3) is 0 Å². The molecule has 0 amide bonds. The summed E-state index contributed by atoms with van der Waals surface area (Å²) in [5, 5.41) is 6.19. The van der Waals surface area contributed by atoms with Gasteiger partial charge in [-0.2, -0.15) is 0 Å². The summed E-state index contributed by atoms with van der Waals surface area (Å²) in [6.45, 7) is 0. The van der Waals surface area contributed by atoms with E-state index in [1.165, 1.54) is 6.07 Å². The van der Waals surface area contributed by atoms with E-state index in [1.807, 2.05) is 30.3 Å². The lowest BCUT2D eigenvalue weighted by atomic mass is 10.1. The zero-order valence-corrected chi connectivity index (χ0v) is 17.9. The van der Waals surface area contributed by atoms with Crippen LogP contribution in [0.1, 0.15) is 11.5 Å². The van der Waals surface area contributed by atoms with E-state index < -0.39 is 10.0 Å². The number of sulfonamides is 1. The van der Waals surface area contributed by atoms with Crippen molar-refractivity contribution in [3.8, 4) is 22.6 Å². The summed E-state index contributed by atoms with van der Waals surface area (Å²) in [7, 11) is -3.98. The molecule has 0 spiro atoms. The predicted octanol–water partition coefficient (Wildman–Crippen LogP) is 5.55. The van der Waals surface area contributed by atoms with Crippen molar-refractivity contribution in [1.29, 1.82) is 0 Å². The van der Waals surface area contributed by atoms with Crippen molar-refractivity contribution in [2.24, 2.45) is 5.14 Å². The molecular formula is C22H16Cl2N2O3S. The normalized spacial score (nSPS) is 11.6.